The van der Waals surface area contributed by atoms with E-state index in [2.05, 4.69) is 20.7 Å². The Morgan fingerprint density at radius 2 is 1.81 bits per heavy atom. The number of nitrogens with one attached hydrogen (secondary N) is 2. The summed E-state index contributed by atoms with van der Waals surface area (Å²) in [6, 6.07) is 18.9. The van der Waals surface area contributed by atoms with Crippen LogP contribution in [0.15, 0.2) is 66.9 Å². The molecule has 8 heteroatoms. The smallest absolute Gasteiger partial charge is 0.251 e. The van der Waals surface area contributed by atoms with Gasteiger partial charge in [-0.3, -0.25) is 4.79 Å². The van der Waals surface area contributed by atoms with Crippen molar-refractivity contribution in [1.82, 2.24) is 19.9 Å². The number of methoxy groups -OCH3 is 1. The molecule has 0 spiro atoms. The van der Waals surface area contributed by atoms with E-state index in [-0.39, 0.29) is 5.91 Å². The van der Waals surface area contributed by atoms with E-state index in [4.69, 9.17) is 10.5 Å². The van der Waals surface area contributed by atoms with E-state index in [1.165, 1.54) is 0 Å². The highest BCUT2D eigenvalue weighted by Crippen LogP contribution is 2.26. The molecule has 0 radical (unpaired) electrons. The number of rotatable bonds is 7. The van der Waals surface area contributed by atoms with Gasteiger partial charge in [0.1, 0.15) is 5.75 Å². The number of carbonyl (C=O) groups excluding carboxylic acids is 1. The summed E-state index contributed by atoms with van der Waals surface area (Å²) in [6.07, 6.45) is 1.85. The number of carbonyl (C=O) groups is 1. The molecule has 2 aromatic carbocycles. The van der Waals surface area contributed by atoms with Crippen molar-refractivity contribution in [2.75, 3.05) is 19.0 Å². The zero-order chi connectivity index (χ0) is 22.7. The van der Waals surface area contributed by atoms with Crippen molar-refractivity contribution < 1.29 is 9.53 Å². The third-order valence-electron chi connectivity index (χ3n) is 4.87. The molecule has 4 N–H and O–H groups in total. The van der Waals surface area contributed by atoms with Gasteiger partial charge >= 0.3 is 0 Å². The maximum Gasteiger partial charge on any atom is 0.251 e. The molecular formula is C24H26N6O2. The predicted octanol–water partition coefficient (Wildman–Crippen LogP) is 3.62. The van der Waals surface area contributed by atoms with E-state index in [0.717, 1.165) is 28.2 Å². The summed E-state index contributed by atoms with van der Waals surface area (Å²) in [5.41, 5.74) is 9.52. The lowest BCUT2D eigenvalue weighted by Gasteiger charge is -2.18. The lowest BCUT2D eigenvalue weighted by Crippen LogP contribution is -2.45. The van der Waals surface area contributed by atoms with Crippen molar-refractivity contribution in [2.24, 2.45) is 5.73 Å². The Balaban J connectivity index is 1.51. The molecule has 0 aliphatic carbocycles. The maximum absolute atomic E-state index is 12.3. The molecule has 4 aromatic rings. The van der Waals surface area contributed by atoms with Crippen LogP contribution in [-0.4, -0.2) is 39.7 Å². The average Bonchev–Trinajstić information content (AvgIpc) is 3.20. The molecule has 2 heterocycles. The summed E-state index contributed by atoms with van der Waals surface area (Å²) in [5, 5.41) is 10.6. The predicted molar refractivity (Wildman–Crippen MR) is 125 cm³/mol. The summed E-state index contributed by atoms with van der Waals surface area (Å²) in [7, 11) is 1.64. The number of ether oxygens (including phenoxy) is 1. The molecule has 1 amide bonds. The highest BCUT2D eigenvalue weighted by Gasteiger charge is 2.14. The minimum Gasteiger partial charge on any atom is -0.497 e. The Morgan fingerprint density at radius 1 is 1.09 bits per heavy atom. The first-order valence-electron chi connectivity index (χ1n) is 10.3. The largest absolute Gasteiger partial charge is 0.497 e. The van der Waals surface area contributed by atoms with Crippen LogP contribution in [0.4, 0.5) is 11.6 Å². The summed E-state index contributed by atoms with van der Waals surface area (Å²) < 4.78 is 6.98. The van der Waals surface area contributed by atoms with Crippen molar-refractivity contribution in [3.63, 3.8) is 0 Å². The van der Waals surface area contributed by atoms with Gasteiger partial charge in [-0.25, -0.2) is 4.52 Å². The second-order valence-corrected chi connectivity index (χ2v) is 8.23. The van der Waals surface area contributed by atoms with Gasteiger partial charge in [0.15, 0.2) is 5.65 Å². The normalized spacial score (nSPS) is 11.4. The number of pyridine rings is 1. The van der Waals surface area contributed by atoms with Crippen molar-refractivity contribution in [2.45, 2.75) is 19.4 Å². The number of benzene rings is 2. The number of hydrogen-bond donors (Lipinski definition) is 3. The molecule has 0 saturated heterocycles. The Bertz CT molecular complexity index is 1220. The third kappa shape index (κ3) is 4.87. The molecule has 32 heavy (non-hydrogen) atoms. The fourth-order valence-corrected chi connectivity index (χ4v) is 3.20. The SMILES string of the molecule is COc1ccc(-c2cccn3nc(Nc4ccc(C(=O)NCC(C)(C)N)cc4)nc23)cc1. The van der Waals surface area contributed by atoms with Crippen LogP contribution in [0.25, 0.3) is 16.8 Å². The van der Waals surface area contributed by atoms with Gasteiger partial charge in [0.25, 0.3) is 5.91 Å². The first-order valence-corrected chi connectivity index (χ1v) is 10.3. The number of anilines is 2. The monoisotopic (exact) mass is 430 g/mol. The lowest BCUT2D eigenvalue weighted by molar-refractivity contribution is 0.0946. The Hall–Kier alpha value is -3.91. The molecule has 8 nitrogen and oxygen atoms in total. The van der Waals surface area contributed by atoms with E-state index < -0.39 is 5.54 Å². The number of hydrogen-bond acceptors (Lipinski definition) is 6. The van der Waals surface area contributed by atoms with Gasteiger partial charge in [-0.05, 0) is 67.9 Å². The van der Waals surface area contributed by atoms with Crippen LogP contribution < -0.4 is 21.1 Å². The minimum atomic E-state index is -0.462. The van der Waals surface area contributed by atoms with E-state index in [9.17, 15) is 4.79 Å². The topological polar surface area (TPSA) is 107 Å². The molecule has 0 bridgehead atoms. The van der Waals surface area contributed by atoms with E-state index in [1.807, 2.05) is 68.6 Å². The van der Waals surface area contributed by atoms with Crippen LogP contribution in [0.5, 0.6) is 5.75 Å². The second-order valence-electron chi connectivity index (χ2n) is 8.23. The zero-order valence-electron chi connectivity index (χ0n) is 18.3. The van der Waals surface area contributed by atoms with Gasteiger partial charge in [-0.1, -0.05) is 12.1 Å². The molecule has 2 aromatic heterocycles. The minimum absolute atomic E-state index is 0.162. The number of nitrogens with two attached hydrogens (primary N) is 1. The van der Waals surface area contributed by atoms with Crippen molar-refractivity contribution in [3.8, 4) is 16.9 Å². The average molecular weight is 431 g/mol. The quantitative estimate of drug-likeness (QED) is 0.413. The molecule has 0 aliphatic heterocycles. The number of fused-ring (bicyclic) bond motifs is 1. The van der Waals surface area contributed by atoms with Gasteiger partial charge in [-0.2, -0.15) is 4.98 Å². The highest BCUT2D eigenvalue weighted by atomic mass is 16.5. The molecule has 0 aliphatic rings. The van der Waals surface area contributed by atoms with Gasteiger partial charge in [0.05, 0.1) is 7.11 Å². The highest BCUT2D eigenvalue weighted by molar-refractivity contribution is 5.94. The van der Waals surface area contributed by atoms with Crippen LogP contribution >= 0.6 is 0 Å². The molecule has 0 atom stereocenters. The van der Waals surface area contributed by atoms with Crippen LogP contribution in [0.2, 0.25) is 0 Å². The van der Waals surface area contributed by atoms with Crippen LogP contribution in [0, 0.1) is 0 Å². The molecule has 4 rings (SSSR count). The maximum atomic E-state index is 12.3. The zero-order valence-corrected chi connectivity index (χ0v) is 18.3. The Labute approximate surface area is 186 Å². The number of amides is 1. The molecule has 0 saturated carbocycles. The summed E-state index contributed by atoms with van der Waals surface area (Å²) in [6.45, 7) is 4.12. The Morgan fingerprint density at radius 3 is 2.47 bits per heavy atom. The van der Waals surface area contributed by atoms with Gasteiger partial charge in [-0.15, -0.1) is 5.10 Å². The van der Waals surface area contributed by atoms with E-state index in [0.29, 0.717) is 18.1 Å². The molecule has 164 valence electrons. The van der Waals surface area contributed by atoms with Crippen LogP contribution in [0.1, 0.15) is 24.2 Å². The summed E-state index contributed by atoms with van der Waals surface area (Å²) in [4.78, 5) is 16.9. The van der Waals surface area contributed by atoms with Crippen molar-refractivity contribution in [3.05, 3.63) is 72.4 Å². The number of nitrogens with zero attached hydrogens (tertiary/aromatic N) is 3. The summed E-state index contributed by atoms with van der Waals surface area (Å²) in [5.74, 6) is 1.10. The molecular weight excluding hydrogens is 404 g/mol. The molecule has 0 unspecified atom stereocenters. The third-order valence-corrected chi connectivity index (χ3v) is 4.87. The van der Waals surface area contributed by atoms with E-state index >= 15 is 0 Å². The van der Waals surface area contributed by atoms with E-state index in [1.54, 1.807) is 23.8 Å². The van der Waals surface area contributed by atoms with Crippen molar-refractivity contribution >= 4 is 23.2 Å². The second kappa shape index (κ2) is 8.68. The first kappa shape index (κ1) is 21.3. The van der Waals surface area contributed by atoms with Crippen LogP contribution in [-0.2, 0) is 0 Å². The van der Waals surface area contributed by atoms with Gasteiger partial charge in [0, 0.05) is 35.1 Å². The van der Waals surface area contributed by atoms with Gasteiger partial charge in [0.2, 0.25) is 5.95 Å². The standard InChI is InChI=1S/C24H26N6O2/c1-24(2,25)15-26-22(31)17-6-10-18(11-7-17)27-23-28-21-20(5-4-14-30(21)29-23)16-8-12-19(32-3)13-9-16/h4-14H,15,25H2,1-3H3,(H,26,31)(H,27,29). The van der Waals surface area contributed by atoms with Gasteiger partial charge < -0.3 is 21.1 Å². The fraction of sp³-hybridized carbons (Fsp3) is 0.208. The van der Waals surface area contributed by atoms with Crippen molar-refractivity contribution in [1.29, 1.82) is 0 Å². The Kier molecular flexibility index (Phi) is 5.79. The fourth-order valence-electron chi connectivity index (χ4n) is 3.20. The number of aromatic nitrogens is 3. The van der Waals surface area contributed by atoms with Crippen LogP contribution in [0.3, 0.4) is 0 Å². The lowest BCUT2D eigenvalue weighted by atomic mass is 10.1. The first-order chi connectivity index (χ1) is 15.3. The summed E-state index contributed by atoms with van der Waals surface area (Å²) >= 11 is 0. The molecule has 0 fully saturated rings.